The van der Waals surface area contributed by atoms with Gasteiger partial charge in [-0.05, 0) is 104 Å². The first-order valence-corrected chi connectivity index (χ1v) is 14.9. The smallest absolute Gasteiger partial charge is 0.397 e. The van der Waals surface area contributed by atoms with E-state index >= 15 is 0 Å². The number of fused-ring (bicyclic) bond motifs is 5. The van der Waals surface area contributed by atoms with E-state index in [1.54, 1.807) is 0 Å². The molecular formula is C26H43NO8S. The molecule has 0 spiro atoms. The van der Waals surface area contributed by atoms with E-state index in [0.29, 0.717) is 49.4 Å². The number of aliphatic hydroxyl groups is 1. The molecule has 4 aliphatic carbocycles. The van der Waals surface area contributed by atoms with Crippen LogP contribution in [0, 0.1) is 46.3 Å². The highest BCUT2D eigenvalue weighted by Crippen LogP contribution is 2.68. The molecule has 9 nitrogen and oxygen atoms in total. The third-order valence-electron chi connectivity index (χ3n) is 10.9. The van der Waals surface area contributed by atoms with Crippen LogP contribution in [0.5, 0.6) is 0 Å². The van der Waals surface area contributed by atoms with Gasteiger partial charge in [0.15, 0.2) is 0 Å². The predicted molar refractivity (Wildman–Crippen MR) is 132 cm³/mol. The van der Waals surface area contributed by atoms with Gasteiger partial charge in [-0.2, -0.15) is 8.42 Å². The Balaban J connectivity index is 1.43. The van der Waals surface area contributed by atoms with Crippen LogP contribution in [0.15, 0.2) is 0 Å². The molecular weight excluding hydrogens is 486 g/mol. The van der Waals surface area contributed by atoms with Gasteiger partial charge in [0.1, 0.15) is 6.54 Å². The van der Waals surface area contributed by atoms with Crippen molar-refractivity contribution in [1.82, 2.24) is 5.32 Å². The van der Waals surface area contributed by atoms with Crippen molar-refractivity contribution in [2.75, 3.05) is 6.54 Å². The number of carbonyl (C=O) groups is 2. The summed E-state index contributed by atoms with van der Waals surface area (Å²) in [6.07, 6.45) is 6.98. The third kappa shape index (κ3) is 5.33. The molecule has 0 aromatic carbocycles. The van der Waals surface area contributed by atoms with Crippen molar-refractivity contribution in [1.29, 1.82) is 0 Å². The lowest BCUT2D eigenvalue weighted by atomic mass is 9.43. The van der Waals surface area contributed by atoms with Crippen LogP contribution in [0.25, 0.3) is 0 Å². The number of aliphatic carboxylic acids is 1. The minimum absolute atomic E-state index is 0.0240. The van der Waals surface area contributed by atoms with E-state index in [1.807, 2.05) is 0 Å². The number of amides is 1. The van der Waals surface area contributed by atoms with Crippen LogP contribution in [0.1, 0.15) is 85.0 Å². The number of rotatable bonds is 8. The van der Waals surface area contributed by atoms with Gasteiger partial charge >= 0.3 is 16.4 Å². The van der Waals surface area contributed by atoms with Crippen molar-refractivity contribution in [2.45, 2.75) is 97.2 Å². The Morgan fingerprint density at radius 1 is 1.06 bits per heavy atom. The van der Waals surface area contributed by atoms with Crippen molar-refractivity contribution in [3.05, 3.63) is 0 Å². The molecule has 10 atom stereocenters. The van der Waals surface area contributed by atoms with Crippen molar-refractivity contribution in [3.63, 3.8) is 0 Å². The van der Waals surface area contributed by atoms with Gasteiger partial charge in [-0.15, -0.1) is 0 Å². The van der Waals surface area contributed by atoms with Gasteiger partial charge in [0.25, 0.3) is 0 Å². The Bertz CT molecular complexity index is 956. The second-order valence-electron chi connectivity index (χ2n) is 12.6. The molecule has 0 heterocycles. The van der Waals surface area contributed by atoms with E-state index in [4.69, 9.17) is 13.8 Å². The number of nitrogens with one attached hydrogen (secondary N) is 1. The maximum atomic E-state index is 12.1. The van der Waals surface area contributed by atoms with Crippen LogP contribution in [0.4, 0.5) is 0 Å². The molecule has 4 aliphatic rings. The Morgan fingerprint density at radius 2 is 1.72 bits per heavy atom. The summed E-state index contributed by atoms with van der Waals surface area (Å²) >= 11 is 0. The largest absolute Gasteiger partial charge is 0.480 e. The van der Waals surface area contributed by atoms with E-state index in [0.717, 1.165) is 38.5 Å². The van der Waals surface area contributed by atoms with Crippen molar-refractivity contribution in [3.8, 4) is 0 Å². The van der Waals surface area contributed by atoms with Crippen molar-refractivity contribution < 1.29 is 37.0 Å². The van der Waals surface area contributed by atoms with Gasteiger partial charge in [-0.1, -0.05) is 20.8 Å². The molecule has 3 unspecified atom stereocenters. The molecule has 4 N–H and O–H groups in total. The zero-order valence-corrected chi connectivity index (χ0v) is 22.5. The van der Waals surface area contributed by atoms with Gasteiger partial charge in [-0.25, -0.2) is 4.18 Å². The lowest BCUT2D eigenvalue weighted by molar-refractivity contribution is -0.172. The van der Waals surface area contributed by atoms with Crippen LogP contribution in [-0.2, 0) is 24.2 Å². The molecule has 4 saturated carbocycles. The molecule has 1 amide bonds. The van der Waals surface area contributed by atoms with Crippen molar-refractivity contribution in [2.24, 2.45) is 46.3 Å². The highest BCUT2D eigenvalue weighted by molar-refractivity contribution is 7.80. The maximum absolute atomic E-state index is 12.1. The monoisotopic (exact) mass is 529 g/mol. The summed E-state index contributed by atoms with van der Waals surface area (Å²) in [5.41, 5.74) is 0.129. The number of carboxylic acid groups (broad SMARTS) is 1. The molecule has 4 fully saturated rings. The molecule has 0 bridgehead atoms. The number of carbonyl (C=O) groups excluding carboxylic acids is 1. The molecule has 0 aliphatic heterocycles. The van der Waals surface area contributed by atoms with Crippen LogP contribution >= 0.6 is 0 Å². The number of hydrogen-bond donors (Lipinski definition) is 4. The molecule has 36 heavy (non-hydrogen) atoms. The van der Waals surface area contributed by atoms with Gasteiger partial charge in [-0.3, -0.25) is 14.1 Å². The molecule has 206 valence electrons. The fraction of sp³-hybridized carbons (Fsp3) is 0.923. The Hall–Kier alpha value is -1.23. The van der Waals surface area contributed by atoms with Crippen molar-refractivity contribution >= 4 is 22.3 Å². The minimum atomic E-state index is -4.48. The van der Waals surface area contributed by atoms with E-state index in [1.165, 1.54) is 0 Å². The first-order chi connectivity index (χ1) is 16.7. The second kappa shape index (κ2) is 10.2. The number of aliphatic hydroxyl groups excluding tert-OH is 1. The summed E-state index contributed by atoms with van der Waals surface area (Å²) < 4.78 is 36.6. The molecule has 0 saturated heterocycles. The van der Waals surface area contributed by atoms with Gasteiger partial charge < -0.3 is 15.5 Å². The van der Waals surface area contributed by atoms with Gasteiger partial charge in [0.05, 0.1) is 12.2 Å². The normalized spacial score (nSPS) is 43.1. The SMILES string of the molecule is C[C@H](CCC(=O)NCC(=O)O)[C@H]1CCC2C3C(CC[C@@]21C)[C@@]1(C)CC[C@@H](OS(=O)(=O)O)C[C@H]1C[C@@H]3O. The maximum Gasteiger partial charge on any atom is 0.397 e. The highest BCUT2D eigenvalue weighted by atomic mass is 32.3. The predicted octanol–water partition coefficient (Wildman–Crippen LogP) is 3.42. The lowest BCUT2D eigenvalue weighted by Gasteiger charge is -2.62. The van der Waals surface area contributed by atoms with Crippen LogP contribution in [0.3, 0.4) is 0 Å². The quantitative estimate of drug-likeness (QED) is 0.349. The first-order valence-electron chi connectivity index (χ1n) is 13.6. The van der Waals surface area contributed by atoms with E-state index in [-0.39, 0.29) is 35.1 Å². The van der Waals surface area contributed by atoms with E-state index < -0.39 is 28.6 Å². The first kappa shape index (κ1) is 27.8. The summed E-state index contributed by atoms with van der Waals surface area (Å²) in [6.45, 7) is 6.56. The Morgan fingerprint density at radius 3 is 2.39 bits per heavy atom. The van der Waals surface area contributed by atoms with E-state index in [9.17, 15) is 23.1 Å². The molecule has 0 radical (unpaired) electrons. The third-order valence-corrected chi connectivity index (χ3v) is 11.4. The highest BCUT2D eigenvalue weighted by Gasteiger charge is 2.63. The summed E-state index contributed by atoms with van der Waals surface area (Å²) in [6, 6.07) is 0. The summed E-state index contributed by atoms with van der Waals surface area (Å²) in [4.78, 5) is 22.8. The molecule has 4 rings (SSSR count). The minimum Gasteiger partial charge on any atom is -0.480 e. The summed E-state index contributed by atoms with van der Waals surface area (Å²) in [5, 5.41) is 22.7. The summed E-state index contributed by atoms with van der Waals surface area (Å²) in [5.74, 6) is 0.732. The fourth-order valence-electron chi connectivity index (χ4n) is 9.24. The number of carboxylic acids is 1. The topological polar surface area (TPSA) is 150 Å². The van der Waals surface area contributed by atoms with Gasteiger partial charge in [0, 0.05) is 6.42 Å². The zero-order valence-electron chi connectivity index (χ0n) is 21.7. The van der Waals surface area contributed by atoms with E-state index in [2.05, 4.69) is 26.1 Å². The van der Waals surface area contributed by atoms with Crippen LogP contribution < -0.4 is 5.32 Å². The standard InChI is InChI=1S/C26H43NO8S/c1-15(4-7-22(29)27-14-23(30)31)18-5-6-19-24-20(9-11-26(18,19)3)25(2)10-8-17(35-36(32,33)34)12-16(25)13-21(24)28/h15-21,24,28H,4-14H2,1-3H3,(H,27,29)(H,30,31)(H,32,33,34)/t15-,16+,17-,18-,19?,20?,21+,24?,25+,26-/m1/s1. The average molecular weight is 530 g/mol. The summed E-state index contributed by atoms with van der Waals surface area (Å²) in [7, 11) is -4.48. The Labute approximate surface area is 214 Å². The van der Waals surface area contributed by atoms with Gasteiger partial charge in [0.2, 0.25) is 5.91 Å². The lowest BCUT2D eigenvalue weighted by Crippen LogP contribution is -2.58. The molecule has 0 aromatic rings. The van der Waals surface area contributed by atoms with Crippen LogP contribution in [0.2, 0.25) is 0 Å². The fourth-order valence-corrected chi connectivity index (χ4v) is 9.76. The zero-order chi connectivity index (χ0) is 26.5. The Kier molecular flexibility index (Phi) is 7.84. The molecule has 10 heteroatoms. The molecule has 0 aromatic heterocycles. The average Bonchev–Trinajstić information content (AvgIpc) is 3.13. The number of hydrogen-bond acceptors (Lipinski definition) is 6. The second-order valence-corrected chi connectivity index (χ2v) is 13.7. The van der Waals surface area contributed by atoms with Crippen LogP contribution in [-0.4, -0.2) is 53.8 Å².